The third-order valence-electron chi connectivity index (χ3n) is 6.56. The van der Waals surface area contributed by atoms with E-state index >= 15 is 0 Å². The number of aliphatic hydroxyl groups is 2. The van der Waals surface area contributed by atoms with Crippen molar-refractivity contribution >= 4 is 23.1 Å². The predicted molar refractivity (Wildman–Crippen MR) is 128 cm³/mol. The molecule has 2 saturated heterocycles. The van der Waals surface area contributed by atoms with Crippen LogP contribution in [0.15, 0.2) is 17.1 Å². The summed E-state index contributed by atoms with van der Waals surface area (Å²) < 4.78 is 18.4. The largest absolute Gasteiger partial charge is 0.450 e. The average Bonchev–Trinajstić information content (AvgIpc) is 3.59. The number of imidazole rings is 1. The van der Waals surface area contributed by atoms with Gasteiger partial charge in [-0.15, -0.1) is 10.2 Å². The number of hydrogen-bond acceptors (Lipinski definition) is 12. The van der Waals surface area contributed by atoms with Gasteiger partial charge in [0.1, 0.15) is 18.5 Å². The monoisotopic (exact) mass is 516 g/mol. The van der Waals surface area contributed by atoms with Crippen molar-refractivity contribution in [2.45, 2.75) is 76.5 Å². The van der Waals surface area contributed by atoms with Gasteiger partial charge in [-0.3, -0.25) is 4.57 Å². The highest BCUT2D eigenvalue weighted by molar-refractivity contribution is 5.82. The van der Waals surface area contributed by atoms with E-state index in [1.807, 2.05) is 20.8 Å². The van der Waals surface area contributed by atoms with Crippen LogP contribution in [0.3, 0.4) is 0 Å². The number of aromatic nitrogens is 6. The number of aliphatic hydroxyl groups excluding tert-OH is 2. The molecule has 14 nitrogen and oxygen atoms in total. The number of fused-ring (bicyclic) bond motifs is 1. The molecule has 0 saturated carbocycles. The van der Waals surface area contributed by atoms with Crippen LogP contribution < -0.4 is 5.32 Å². The SMILES string of the molecule is CCOC(=O)N1CCC(Nc2ncnc3c2ncn3[C@@H]2O[C@H](c3nnc(C(C)(C)C)o3)[C@@H](O)[C@H]2O)CC1. The minimum Gasteiger partial charge on any atom is -0.450 e. The lowest BCUT2D eigenvalue weighted by molar-refractivity contribution is -0.0441. The number of carbonyl (C=O) groups excluding carboxylic acids is 1. The van der Waals surface area contributed by atoms with Gasteiger partial charge in [-0.1, -0.05) is 20.8 Å². The van der Waals surface area contributed by atoms with Crippen LogP contribution in [0, 0.1) is 0 Å². The van der Waals surface area contributed by atoms with Crippen LogP contribution in [0.25, 0.3) is 11.2 Å². The first-order chi connectivity index (χ1) is 17.7. The van der Waals surface area contributed by atoms with Gasteiger partial charge in [0.15, 0.2) is 29.3 Å². The Balaban J connectivity index is 1.32. The van der Waals surface area contributed by atoms with Gasteiger partial charge >= 0.3 is 6.09 Å². The van der Waals surface area contributed by atoms with Crippen molar-refractivity contribution in [1.82, 2.24) is 34.6 Å². The fourth-order valence-corrected chi connectivity index (χ4v) is 4.50. The van der Waals surface area contributed by atoms with E-state index in [-0.39, 0.29) is 23.4 Å². The van der Waals surface area contributed by atoms with Crippen molar-refractivity contribution in [3.8, 4) is 0 Å². The van der Waals surface area contributed by atoms with Crippen molar-refractivity contribution in [3.05, 3.63) is 24.4 Å². The van der Waals surface area contributed by atoms with Gasteiger partial charge in [0.05, 0.1) is 12.9 Å². The lowest BCUT2D eigenvalue weighted by atomic mass is 9.97. The first-order valence-corrected chi connectivity index (χ1v) is 12.4. The molecule has 5 rings (SSSR count). The van der Waals surface area contributed by atoms with E-state index in [1.54, 1.807) is 16.4 Å². The Morgan fingerprint density at radius 2 is 1.92 bits per heavy atom. The van der Waals surface area contributed by atoms with Gasteiger partial charge in [-0.2, -0.15) is 0 Å². The summed E-state index contributed by atoms with van der Waals surface area (Å²) in [5.41, 5.74) is 0.555. The Bertz CT molecular complexity index is 1250. The summed E-state index contributed by atoms with van der Waals surface area (Å²) in [5.74, 6) is 1.03. The van der Waals surface area contributed by atoms with E-state index in [4.69, 9.17) is 13.9 Å². The number of ether oxygens (including phenoxy) is 2. The third kappa shape index (κ3) is 4.83. The topological polar surface area (TPSA) is 174 Å². The number of rotatable bonds is 5. The highest BCUT2D eigenvalue weighted by atomic mass is 16.6. The normalized spacial score (nSPS) is 25.1. The Hall–Kier alpha value is -3.36. The summed E-state index contributed by atoms with van der Waals surface area (Å²) >= 11 is 0. The molecule has 0 radical (unpaired) electrons. The molecule has 0 aromatic carbocycles. The maximum Gasteiger partial charge on any atom is 0.409 e. The number of amides is 1. The summed E-state index contributed by atoms with van der Waals surface area (Å²) in [6.45, 7) is 9.08. The molecule has 2 aliphatic rings. The van der Waals surface area contributed by atoms with Crippen LogP contribution in [-0.2, 0) is 14.9 Å². The minimum atomic E-state index is -1.29. The molecule has 37 heavy (non-hydrogen) atoms. The van der Waals surface area contributed by atoms with E-state index in [0.29, 0.717) is 42.6 Å². The van der Waals surface area contributed by atoms with Crippen molar-refractivity contribution in [2.24, 2.45) is 0 Å². The molecule has 3 N–H and O–H groups in total. The first kappa shape index (κ1) is 25.3. The fourth-order valence-electron chi connectivity index (χ4n) is 4.50. The van der Waals surface area contributed by atoms with E-state index < -0.39 is 24.5 Å². The van der Waals surface area contributed by atoms with Crippen LogP contribution in [0.4, 0.5) is 10.6 Å². The number of anilines is 1. The Morgan fingerprint density at radius 1 is 1.16 bits per heavy atom. The molecule has 2 aliphatic heterocycles. The van der Waals surface area contributed by atoms with Crippen molar-refractivity contribution < 1.29 is 28.9 Å². The van der Waals surface area contributed by atoms with E-state index in [0.717, 1.165) is 12.8 Å². The van der Waals surface area contributed by atoms with Gasteiger partial charge < -0.3 is 34.3 Å². The summed E-state index contributed by atoms with van der Waals surface area (Å²) in [7, 11) is 0. The zero-order valence-electron chi connectivity index (χ0n) is 21.2. The Labute approximate surface area is 213 Å². The van der Waals surface area contributed by atoms with Crippen molar-refractivity contribution in [1.29, 1.82) is 0 Å². The van der Waals surface area contributed by atoms with Crippen LogP contribution in [0.5, 0.6) is 0 Å². The number of piperidine rings is 1. The molecule has 0 bridgehead atoms. The zero-order valence-corrected chi connectivity index (χ0v) is 21.2. The quantitative estimate of drug-likeness (QED) is 0.447. The molecule has 0 spiro atoms. The molecule has 3 aromatic heterocycles. The minimum absolute atomic E-state index is 0.0861. The van der Waals surface area contributed by atoms with Crippen molar-refractivity contribution in [2.75, 3.05) is 25.0 Å². The number of hydrogen-bond donors (Lipinski definition) is 3. The van der Waals surface area contributed by atoms with E-state index in [2.05, 4.69) is 30.5 Å². The number of nitrogens with one attached hydrogen (secondary N) is 1. The second-order valence-corrected chi connectivity index (χ2v) is 10.3. The molecular formula is C23H32N8O6. The van der Waals surface area contributed by atoms with Gasteiger partial charge in [0.25, 0.3) is 0 Å². The lowest BCUT2D eigenvalue weighted by Crippen LogP contribution is -2.42. The van der Waals surface area contributed by atoms with Gasteiger partial charge in [-0.05, 0) is 19.8 Å². The van der Waals surface area contributed by atoms with Crippen LogP contribution in [0.1, 0.15) is 64.6 Å². The van der Waals surface area contributed by atoms with Crippen LogP contribution >= 0.6 is 0 Å². The Kier molecular flexibility index (Phi) is 6.72. The molecule has 1 amide bonds. The molecular weight excluding hydrogens is 484 g/mol. The summed E-state index contributed by atoms with van der Waals surface area (Å²) in [5, 5.41) is 33.0. The van der Waals surface area contributed by atoms with Gasteiger partial charge in [0.2, 0.25) is 11.8 Å². The smallest absolute Gasteiger partial charge is 0.409 e. The number of carbonyl (C=O) groups is 1. The first-order valence-electron chi connectivity index (χ1n) is 12.4. The maximum absolute atomic E-state index is 12.0. The number of likely N-dealkylation sites (tertiary alicyclic amines) is 1. The molecule has 3 aromatic rings. The Morgan fingerprint density at radius 3 is 2.59 bits per heavy atom. The molecule has 2 fully saturated rings. The van der Waals surface area contributed by atoms with E-state index in [9.17, 15) is 15.0 Å². The number of nitrogens with zero attached hydrogens (tertiary/aromatic N) is 7. The standard InChI is InChI=1S/C23H32N8O6/c1-5-35-22(34)30-8-6-12(7-9-30)27-17-13-18(25-10-24-17)31(11-26-13)20-15(33)14(32)16(36-20)19-28-29-21(37-19)23(2,3)4/h10-12,14-16,20,32-33H,5-9H2,1-4H3,(H,24,25,27)/t14-,15+,16-,20+/m0/s1. The molecule has 4 atom stereocenters. The summed E-state index contributed by atoms with van der Waals surface area (Å²) in [4.78, 5) is 26.8. The average molecular weight is 517 g/mol. The predicted octanol–water partition coefficient (Wildman–Crippen LogP) is 1.53. The lowest BCUT2D eigenvalue weighted by Gasteiger charge is -2.31. The summed E-state index contributed by atoms with van der Waals surface area (Å²) in [6.07, 6.45) is -0.519. The molecule has 0 unspecified atom stereocenters. The third-order valence-corrected chi connectivity index (χ3v) is 6.56. The van der Waals surface area contributed by atoms with Crippen molar-refractivity contribution in [3.63, 3.8) is 0 Å². The van der Waals surface area contributed by atoms with E-state index in [1.165, 1.54) is 12.7 Å². The van der Waals surface area contributed by atoms with Gasteiger partial charge in [0, 0.05) is 24.5 Å². The molecule has 14 heteroatoms. The fraction of sp³-hybridized carbons (Fsp3) is 0.652. The molecule has 0 aliphatic carbocycles. The second-order valence-electron chi connectivity index (χ2n) is 10.3. The highest BCUT2D eigenvalue weighted by Gasteiger charge is 2.48. The zero-order chi connectivity index (χ0) is 26.3. The van der Waals surface area contributed by atoms with Gasteiger partial charge in [-0.25, -0.2) is 19.7 Å². The van der Waals surface area contributed by atoms with Crippen LogP contribution in [0.2, 0.25) is 0 Å². The molecule has 5 heterocycles. The maximum atomic E-state index is 12.0. The second kappa shape index (κ2) is 9.84. The highest BCUT2D eigenvalue weighted by Crippen LogP contribution is 2.40. The van der Waals surface area contributed by atoms with Crippen LogP contribution in [-0.4, -0.2) is 88.9 Å². The summed E-state index contributed by atoms with van der Waals surface area (Å²) in [6, 6.07) is 0.0861. The molecule has 200 valence electrons.